The molecule has 0 unspecified atom stereocenters. The Bertz CT molecular complexity index is 797. The molecule has 3 rings (SSSR count). The van der Waals surface area contributed by atoms with Gasteiger partial charge in [-0.2, -0.15) is 0 Å². The van der Waals surface area contributed by atoms with Crippen LogP contribution in [0.25, 0.3) is 0 Å². The molecule has 0 aliphatic carbocycles. The van der Waals surface area contributed by atoms with Crippen LogP contribution in [0, 0.1) is 0 Å². The summed E-state index contributed by atoms with van der Waals surface area (Å²) in [5.41, 5.74) is 8.95. The lowest BCUT2D eigenvalue weighted by Gasteiger charge is -2.08. The number of nitrogens with one attached hydrogen (secondary N) is 1. The molecular weight excluding hydrogens is 300 g/mol. The first-order valence-electron chi connectivity index (χ1n) is 7.68. The van der Waals surface area contributed by atoms with Gasteiger partial charge in [-0.25, -0.2) is 4.79 Å². The molecule has 0 bridgehead atoms. The third kappa shape index (κ3) is 4.00. The Kier molecular flexibility index (Phi) is 4.89. The molecule has 0 aliphatic heterocycles. The summed E-state index contributed by atoms with van der Waals surface area (Å²) in [6.45, 7) is 0.450. The van der Waals surface area contributed by atoms with Crippen molar-refractivity contribution in [3.63, 3.8) is 0 Å². The predicted molar refractivity (Wildman–Crippen MR) is 95.5 cm³/mol. The predicted octanol–water partition coefficient (Wildman–Crippen LogP) is 4.11. The van der Waals surface area contributed by atoms with Gasteiger partial charge in [-0.1, -0.05) is 30.3 Å². The van der Waals surface area contributed by atoms with Gasteiger partial charge in [0.1, 0.15) is 5.75 Å². The van der Waals surface area contributed by atoms with Gasteiger partial charge in [-0.3, -0.25) is 0 Å². The molecule has 120 valence electrons. The first-order valence-corrected chi connectivity index (χ1v) is 7.68. The maximum absolute atomic E-state index is 12.1. The van der Waals surface area contributed by atoms with E-state index in [9.17, 15) is 4.79 Å². The highest BCUT2D eigenvalue weighted by molar-refractivity contribution is 5.91. The minimum atomic E-state index is -0.387. The molecule has 0 radical (unpaired) electrons. The fourth-order valence-electron chi connectivity index (χ4n) is 2.24. The second-order valence-electron chi connectivity index (χ2n) is 5.31. The SMILES string of the molecule is NCc1ccc(C(=O)Oc2ccc(Nc3ccccc3)cc2)cc1. The van der Waals surface area contributed by atoms with Crippen LogP contribution in [-0.4, -0.2) is 5.97 Å². The normalized spacial score (nSPS) is 10.2. The number of rotatable bonds is 5. The number of hydrogen-bond donors (Lipinski definition) is 2. The Balaban J connectivity index is 1.64. The van der Waals surface area contributed by atoms with Gasteiger partial charge < -0.3 is 15.8 Å². The molecule has 3 aromatic rings. The van der Waals surface area contributed by atoms with E-state index in [1.807, 2.05) is 54.6 Å². The Labute approximate surface area is 140 Å². The van der Waals surface area contributed by atoms with Crippen molar-refractivity contribution >= 4 is 17.3 Å². The zero-order chi connectivity index (χ0) is 16.8. The fraction of sp³-hybridized carbons (Fsp3) is 0.0500. The van der Waals surface area contributed by atoms with Crippen LogP contribution in [0.5, 0.6) is 5.75 Å². The lowest BCUT2D eigenvalue weighted by Crippen LogP contribution is -2.08. The molecule has 0 fully saturated rings. The van der Waals surface area contributed by atoms with E-state index in [-0.39, 0.29) is 5.97 Å². The fourth-order valence-corrected chi connectivity index (χ4v) is 2.24. The zero-order valence-corrected chi connectivity index (χ0v) is 13.1. The van der Waals surface area contributed by atoms with Gasteiger partial charge in [0.25, 0.3) is 0 Å². The highest BCUT2D eigenvalue weighted by Gasteiger charge is 2.08. The number of carbonyl (C=O) groups excluding carboxylic acids is 1. The number of esters is 1. The molecule has 0 atom stereocenters. The van der Waals surface area contributed by atoms with Crippen LogP contribution < -0.4 is 15.8 Å². The van der Waals surface area contributed by atoms with Crippen molar-refractivity contribution in [2.45, 2.75) is 6.54 Å². The van der Waals surface area contributed by atoms with E-state index in [4.69, 9.17) is 10.5 Å². The second kappa shape index (κ2) is 7.44. The Morgan fingerprint density at radius 2 is 1.46 bits per heavy atom. The minimum absolute atomic E-state index is 0.387. The maximum Gasteiger partial charge on any atom is 0.343 e. The molecule has 0 spiro atoms. The number of hydrogen-bond acceptors (Lipinski definition) is 4. The first kappa shape index (κ1) is 15.8. The number of benzene rings is 3. The van der Waals surface area contributed by atoms with Gasteiger partial charge in [-0.15, -0.1) is 0 Å². The molecule has 0 heterocycles. The molecule has 3 aromatic carbocycles. The van der Waals surface area contributed by atoms with Gasteiger partial charge in [-0.05, 0) is 54.1 Å². The van der Waals surface area contributed by atoms with Gasteiger partial charge in [0, 0.05) is 17.9 Å². The minimum Gasteiger partial charge on any atom is -0.423 e. The standard InChI is InChI=1S/C20H18N2O2/c21-14-15-6-8-16(9-7-15)20(23)24-19-12-10-18(11-13-19)22-17-4-2-1-3-5-17/h1-13,22H,14,21H2. The Hall–Kier alpha value is -3.11. The first-order chi connectivity index (χ1) is 11.7. The Morgan fingerprint density at radius 1 is 0.833 bits per heavy atom. The molecule has 4 nitrogen and oxygen atoms in total. The van der Waals surface area contributed by atoms with E-state index >= 15 is 0 Å². The van der Waals surface area contributed by atoms with Crippen LogP contribution >= 0.6 is 0 Å². The number of ether oxygens (including phenoxy) is 1. The summed E-state index contributed by atoms with van der Waals surface area (Å²) in [5.74, 6) is 0.115. The lowest BCUT2D eigenvalue weighted by molar-refractivity contribution is 0.0735. The third-order valence-electron chi connectivity index (χ3n) is 3.55. The van der Waals surface area contributed by atoms with Crippen LogP contribution in [0.4, 0.5) is 11.4 Å². The zero-order valence-electron chi connectivity index (χ0n) is 13.1. The highest BCUT2D eigenvalue weighted by Crippen LogP contribution is 2.20. The molecule has 3 N–H and O–H groups in total. The van der Waals surface area contributed by atoms with Crippen molar-refractivity contribution in [1.82, 2.24) is 0 Å². The molecule has 0 aromatic heterocycles. The van der Waals surface area contributed by atoms with Crippen LogP contribution in [0.3, 0.4) is 0 Å². The summed E-state index contributed by atoms with van der Waals surface area (Å²) in [6.07, 6.45) is 0. The molecule has 0 amide bonds. The summed E-state index contributed by atoms with van der Waals surface area (Å²) in [6, 6.07) is 24.2. The summed E-state index contributed by atoms with van der Waals surface area (Å²) >= 11 is 0. The van der Waals surface area contributed by atoms with Crippen LogP contribution in [-0.2, 0) is 6.54 Å². The van der Waals surface area contributed by atoms with Crippen molar-refractivity contribution in [3.8, 4) is 5.75 Å². The quantitative estimate of drug-likeness (QED) is 0.549. The summed E-state index contributed by atoms with van der Waals surface area (Å²) in [7, 11) is 0. The van der Waals surface area contributed by atoms with E-state index in [0.29, 0.717) is 17.9 Å². The van der Waals surface area contributed by atoms with Crippen LogP contribution in [0.15, 0.2) is 78.9 Å². The van der Waals surface area contributed by atoms with Crippen molar-refractivity contribution in [2.24, 2.45) is 5.73 Å². The van der Waals surface area contributed by atoms with Gasteiger partial charge in [0.2, 0.25) is 0 Å². The summed E-state index contributed by atoms with van der Waals surface area (Å²) < 4.78 is 5.38. The monoisotopic (exact) mass is 318 g/mol. The average molecular weight is 318 g/mol. The van der Waals surface area contributed by atoms with E-state index in [0.717, 1.165) is 16.9 Å². The van der Waals surface area contributed by atoms with Gasteiger partial charge in [0.15, 0.2) is 0 Å². The number of anilines is 2. The second-order valence-corrected chi connectivity index (χ2v) is 5.31. The number of carbonyl (C=O) groups is 1. The van der Waals surface area contributed by atoms with Crippen LogP contribution in [0.1, 0.15) is 15.9 Å². The smallest absolute Gasteiger partial charge is 0.343 e. The molecule has 0 saturated carbocycles. The molecule has 0 aliphatic rings. The molecule has 24 heavy (non-hydrogen) atoms. The average Bonchev–Trinajstić information content (AvgIpc) is 2.64. The van der Waals surface area contributed by atoms with E-state index in [1.165, 1.54) is 0 Å². The highest BCUT2D eigenvalue weighted by atomic mass is 16.5. The topological polar surface area (TPSA) is 64.4 Å². The van der Waals surface area contributed by atoms with E-state index in [1.54, 1.807) is 24.3 Å². The number of nitrogens with two attached hydrogens (primary N) is 1. The van der Waals surface area contributed by atoms with Gasteiger partial charge in [0.05, 0.1) is 5.56 Å². The van der Waals surface area contributed by atoms with Gasteiger partial charge >= 0.3 is 5.97 Å². The third-order valence-corrected chi connectivity index (χ3v) is 3.55. The van der Waals surface area contributed by atoms with E-state index < -0.39 is 0 Å². The lowest BCUT2D eigenvalue weighted by atomic mass is 10.1. The molecule has 0 saturated heterocycles. The summed E-state index contributed by atoms with van der Waals surface area (Å²) in [4.78, 5) is 12.1. The summed E-state index contributed by atoms with van der Waals surface area (Å²) in [5, 5.41) is 3.28. The van der Waals surface area contributed by atoms with Crippen molar-refractivity contribution in [3.05, 3.63) is 90.0 Å². The largest absolute Gasteiger partial charge is 0.423 e. The molecular formula is C20H18N2O2. The van der Waals surface area contributed by atoms with Crippen molar-refractivity contribution in [1.29, 1.82) is 0 Å². The van der Waals surface area contributed by atoms with E-state index in [2.05, 4.69) is 5.32 Å². The maximum atomic E-state index is 12.1. The number of para-hydroxylation sites is 1. The van der Waals surface area contributed by atoms with Crippen LogP contribution in [0.2, 0.25) is 0 Å². The molecule has 4 heteroatoms. The van der Waals surface area contributed by atoms with Crippen molar-refractivity contribution in [2.75, 3.05) is 5.32 Å². The van der Waals surface area contributed by atoms with Crippen molar-refractivity contribution < 1.29 is 9.53 Å². The Morgan fingerprint density at radius 3 is 2.08 bits per heavy atom.